The maximum atomic E-state index is 4.71. The van der Waals surface area contributed by atoms with Crippen LogP contribution in [0.1, 0.15) is 51.7 Å². The van der Waals surface area contributed by atoms with E-state index >= 15 is 0 Å². The van der Waals surface area contributed by atoms with E-state index in [1.807, 2.05) is 6.20 Å². The fourth-order valence-electron chi connectivity index (χ4n) is 2.70. The summed E-state index contributed by atoms with van der Waals surface area (Å²) in [5, 5.41) is 3.45. The van der Waals surface area contributed by atoms with Crippen molar-refractivity contribution in [2.24, 2.45) is 5.41 Å². The standard InChI is InChI=1S/C17H29N3/c1-13(2)18-11-15-10-14(3)16(19-12-15)20-8-6-17(4,5)7-9-20/h10,12-13,18H,6-9,11H2,1-5H3. The predicted octanol–water partition coefficient (Wildman–Crippen LogP) is 3.51. The molecular formula is C17H29N3. The highest BCUT2D eigenvalue weighted by molar-refractivity contribution is 5.47. The normalized spacial score (nSPS) is 18.6. The molecule has 2 heterocycles. The Bertz CT molecular complexity index is 442. The summed E-state index contributed by atoms with van der Waals surface area (Å²) in [6, 6.07) is 2.79. The average molecular weight is 275 g/mol. The number of nitrogens with one attached hydrogen (secondary N) is 1. The molecule has 0 aromatic carbocycles. The van der Waals surface area contributed by atoms with E-state index in [9.17, 15) is 0 Å². The van der Waals surface area contributed by atoms with Crippen molar-refractivity contribution in [3.8, 4) is 0 Å². The van der Waals surface area contributed by atoms with Gasteiger partial charge in [0.15, 0.2) is 0 Å². The van der Waals surface area contributed by atoms with Crippen molar-refractivity contribution in [1.82, 2.24) is 10.3 Å². The molecule has 0 amide bonds. The first-order valence-electron chi connectivity index (χ1n) is 7.81. The van der Waals surface area contributed by atoms with Gasteiger partial charge in [0, 0.05) is 31.9 Å². The molecule has 1 fully saturated rings. The lowest BCUT2D eigenvalue weighted by molar-refractivity contribution is 0.279. The fourth-order valence-corrected chi connectivity index (χ4v) is 2.70. The molecule has 20 heavy (non-hydrogen) atoms. The number of piperidine rings is 1. The molecule has 0 aliphatic carbocycles. The van der Waals surface area contributed by atoms with E-state index in [0.717, 1.165) is 19.6 Å². The number of anilines is 1. The van der Waals surface area contributed by atoms with Crippen molar-refractivity contribution in [2.45, 2.75) is 60.0 Å². The number of hydrogen-bond donors (Lipinski definition) is 1. The van der Waals surface area contributed by atoms with E-state index in [4.69, 9.17) is 4.98 Å². The number of hydrogen-bond acceptors (Lipinski definition) is 3. The molecule has 1 saturated heterocycles. The van der Waals surface area contributed by atoms with Crippen LogP contribution < -0.4 is 10.2 Å². The van der Waals surface area contributed by atoms with Crippen molar-refractivity contribution in [1.29, 1.82) is 0 Å². The van der Waals surface area contributed by atoms with Crippen LogP contribution in [0.4, 0.5) is 5.82 Å². The average Bonchev–Trinajstić information content (AvgIpc) is 2.37. The van der Waals surface area contributed by atoms with Gasteiger partial charge < -0.3 is 10.2 Å². The molecule has 3 heteroatoms. The summed E-state index contributed by atoms with van der Waals surface area (Å²) in [6.45, 7) is 14.4. The number of aromatic nitrogens is 1. The number of nitrogens with zero attached hydrogens (tertiary/aromatic N) is 2. The topological polar surface area (TPSA) is 28.2 Å². The summed E-state index contributed by atoms with van der Waals surface area (Å²) in [6.07, 6.45) is 4.53. The smallest absolute Gasteiger partial charge is 0.131 e. The van der Waals surface area contributed by atoms with E-state index in [2.05, 4.69) is 50.9 Å². The Labute approximate surface area is 123 Å². The highest BCUT2D eigenvalue weighted by atomic mass is 15.2. The van der Waals surface area contributed by atoms with Crippen LogP contribution in [0.2, 0.25) is 0 Å². The summed E-state index contributed by atoms with van der Waals surface area (Å²) in [7, 11) is 0. The van der Waals surface area contributed by atoms with E-state index < -0.39 is 0 Å². The van der Waals surface area contributed by atoms with E-state index in [1.165, 1.54) is 29.8 Å². The second-order valence-corrected chi connectivity index (χ2v) is 7.17. The summed E-state index contributed by atoms with van der Waals surface area (Å²) in [5.74, 6) is 1.17. The molecule has 0 unspecified atom stereocenters. The van der Waals surface area contributed by atoms with Crippen molar-refractivity contribution in [3.05, 3.63) is 23.4 Å². The molecule has 1 aliphatic rings. The summed E-state index contributed by atoms with van der Waals surface area (Å²) in [5.41, 5.74) is 3.07. The fraction of sp³-hybridized carbons (Fsp3) is 0.706. The zero-order valence-electron chi connectivity index (χ0n) is 13.7. The SMILES string of the molecule is Cc1cc(CNC(C)C)cnc1N1CCC(C)(C)CC1. The lowest BCUT2D eigenvalue weighted by Crippen LogP contribution is -2.38. The van der Waals surface area contributed by atoms with Crippen LogP contribution in [0.15, 0.2) is 12.3 Å². The summed E-state index contributed by atoms with van der Waals surface area (Å²) < 4.78 is 0. The first kappa shape index (κ1) is 15.3. The Hall–Kier alpha value is -1.09. The Morgan fingerprint density at radius 3 is 2.50 bits per heavy atom. The molecule has 0 saturated carbocycles. The Morgan fingerprint density at radius 1 is 1.30 bits per heavy atom. The van der Waals surface area contributed by atoms with E-state index in [-0.39, 0.29) is 0 Å². The molecule has 1 N–H and O–H groups in total. The van der Waals surface area contributed by atoms with Gasteiger partial charge in [-0.05, 0) is 42.4 Å². The van der Waals surface area contributed by atoms with Gasteiger partial charge in [0.25, 0.3) is 0 Å². The first-order valence-corrected chi connectivity index (χ1v) is 7.81. The number of pyridine rings is 1. The Kier molecular flexibility index (Phi) is 4.69. The minimum atomic E-state index is 0.492. The van der Waals surface area contributed by atoms with E-state index in [1.54, 1.807) is 0 Å². The van der Waals surface area contributed by atoms with Crippen LogP contribution in [0.3, 0.4) is 0 Å². The van der Waals surface area contributed by atoms with Gasteiger partial charge >= 0.3 is 0 Å². The first-order chi connectivity index (χ1) is 9.37. The molecule has 1 aliphatic heterocycles. The molecule has 3 nitrogen and oxygen atoms in total. The van der Waals surface area contributed by atoms with Crippen LogP contribution in [-0.2, 0) is 6.54 Å². The van der Waals surface area contributed by atoms with Gasteiger partial charge in [0.1, 0.15) is 5.82 Å². The molecule has 1 aromatic heterocycles. The van der Waals surface area contributed by atoms with Crippen molar-refractivity contribution < 1.29 is 0 Å². The number of rotatable bonds is 4. The quantitative estimate of drug-likeness (QED) is 0.911. The zero-order chi connectivity index (χ0) is 14.8. The Morgan fingerprint density at radius 2 is 1.95 bits per heavy atom. The monoisotopic (exact) mass is 275 g/mol. The van der Waals surface area contributed by atoms with Crippen LogP contribution >= 0.6 is 0 Å². The van der Waals surface area contributed by atoms with Crippen molar-refractivity contribution in [3.63, 3.8) is 0 Å². The van der Waals surface area contributed by atoms with Gasteiger partial charge in [-0.1, -0.05) is 27.7 Å². The van der Waals surface area contributed by atoms with Gasteiger partial charge in [0.05, 0.1) is 0 Å². The van der Waals surface area contributed by atoms with Crippen molar-refractivity contribution in [2.75, 3.05) is 18.0 Å². The summed E-state index contributed by atoms with van der Waals surface area (Å²) in [4.78, 5) is 7.16. The predicted molar refractivity (Wildman–Crippen MR) is 86.2 cm³/mol. The summed E-state index contributed by atoms with van der Waals surface area (Å²) >= 11 is 0. The maximum absolute atomic E-state index is 4.71. The Balaban J connectivity index is 2.03. The molecule has 112 valence electrons. The lowest BCUT2D eigenvalue weighted by atomic mass is 9.82. The molecule has 1 aromatic rings. The second-order valence-electron chi connectivity index (χ2n) is 7.17. The number of aryl methyl sites for hydroxylation is 1. The molecular weight excluding hydrogens is 246 g/mol. The highest BCUT2D eigenvalue weighted by Gasteiger charge is 2.26. The van der Waals surface area contributed by atoms with Crippen LogP contribution in [-0.4, -0.2) is 24.1 Å². The third-order valence-corrected chi connectivity index (χ3v) is 4.24. The lowest BCUT2D eigenvalue weighted by Gasteiger charge is -2.38. The van der Waals surface area contributed by atoms with Crippen LogP contribution in [0, 0.1) is 12.3 Å². The molecule has 0 spiro atoms. The van der Waals surface area contributed by atoms with Crippen LogP contribution in [0.25, 0.3) is 0 Å². The van der Waals surface area contributed by atoms with Gasteiger partial charge in [-0.25, -0.2) is 4.98 Å². The largest absolute Gasteiger partial charge is 0.356 e. The van der Waals surface area contributed by atoms with Crippen molar-refractivity contribution >= 4 is 5.82 Å². The molecule has 0 atom stereocenters. The minimum Gasteiger partial charge on any atom is -0.356 e. The highest BCUT2D eigenvalue weighted by Crippen LogP contribution is 2.32. The second kappa shape index (κ2) is 6.13. The van der Waals surface area contributed by atoms with Gasteiger partial charge in [0.2, 0.25) is 0 Å². The zero-order valence-corrected chi connectivity index (χ0v) is 13.7. The van der Waals surface area contributed by atoms with Gasteiger partial charge in [-0.3, -0.25) is 0 Å². The maximum Gasteiger partial charge on any atom is 0.131 e. The molecule has 0 radical (unpaired) electrons. The third kappa shape index (κ3) is 3.95. The van der Waals surface area contributed by atoms with Gasteiger partial charge in [-0.15, -0.1) is 0 Å². The van der Waals surface area contributed by atoms with Gasteiger partial charge in [-0.2, -0.15) is 0 Å². The third-order valence-electron chi connectivity index (χ3n) is 4.24. The minimum absolute atomic E-state index is 0.492. The van der Waals surface area contributed by atoms with Crippen LogP contribution in [0.5, 0.6) is 0 Å². The molecule has 2 rings (SSSR count). The molecule has 0 bridgehead atoms. The van der Waals surface area contributed by atoms with E-state index in [0.29, 0.717) is 11.5 Å².